The van der Waals surface area contributed by atoms with E-state index in [0.29, 0.717) is 11.6 Å². The summed E-state index contributed by atoms with van der Waals surface area (Å²) in [4.78, 5) is 13.8. The number of carbonyl (C=O) groups excluding carboxylic acids is 1. The number of hydrogen-bond donors (Lipinski definition) is 1. The lowest BCUT2D eigenvalue weighted by molar-refractivity contribution is 0.201. The zero-order valence-corrected chi connectivity index (χ0v) is 12.7. The number of para-hydroxylation sites is 1. The first-order valence-electron chi connectivity index (χ1n) is 7.00. The van der Waals surface area contributed by atoms with Gasteiger partial charge in [-0.05, 0) is 26.0 Å². The van der Waals surface area contributed by atoms with Crippen LogP contribution < -0.4 is 5.32 Å². The second kappa shape index (κ2) is 5.55. The number of nitrogens with zero attached hydrogens (tertiary/aromatic N) is 2. The highest BCUT2D eigenvalue weighted by Crippen LogP contribution is 2.27. The van der Waals surface area contributed by atoms with Crippen LogP contribution in [0.1, 0.15) is 24.5 Å². The van der Waals surface area contributed by atoms with E-state index in [9.17, 15) is 4.79 Å². The van der Waals surface area contributed by atoms with Crippen molar-refractivity contribution in [1.29, 1.82) is 0 Å². The third kappa shape index (κ3) is 2.67. The van der Waals surface area contributed by atoms with Gasteiger partial charge in [0.05, 0.1) is 6.04 Å². The quantitative estimate of drug-likeness (QED) is 0.794. The van der Waals surface area contributed by atoms with Gasteiger partial charge in [-0.2, -0.15) is 0 Å². The summed E-state index contributed by atoms with van der Waals surface area (Å²) in [5, 5.41) is 7.45. The lowest BCUT2D eigenvalue weighted by Crippen LogP contribution is -2.33. The first kappa shape index (κ1) is 14.2. The summed E-state index contributed by atoms with van der Waals surface area (Å²) < 4.78 is 10.7. The van der Waals surface area contributed by atoms with Gasteiger partial charge in [0.25, 0.3) is 0 Å². The molecular weight excluding hydrogens is 282 g/mol. The lowest BCUT2D eigenvalue weighted by Gasteiger charge is -2.22. The highest BCUT2D eigenvalue weighted by atomic mass is 16.5. The van der Waals surface area contributed by atoms with Crippen LogP contribution in [0.4, 0.5) is 10.6 Å². The van der Waals surface area contributed by atoms with Crippen molar-refractivity contribution in [3.63, 3.8) is 0 Å². The van der Waals surface area contributed by atoms with Gasteiger partial charge in [-0.1, -0.05) is 23.4 Å². The Hall–Kier alpha value is -2.76. The second-order valence-electron chi connectivity index (χ2n) is 5.23. The molecule has 1 atom stereocenters. The average Bonchev–Trinajstić information content (AvgIpc) is 3.11. The minimum absolute atomic E-state index is 0.208. The Morgan fingerprint density at radius 2 is 2.09 bits per heavy atom. The van der Waals surface area contributed by atoms with E-state index in [0.717, 1.165) is 16.7 Å². The third-order valence-corrected chi connectivity index (χ3v) is 3.62. The zero-order chi connectivity index (χ0) is 15.7. The van der Waals surface area contributed by atoms with Gasteiger partial charge in [0.1, 0.15) is 17.1 Å². The van der Waals surface area contributed by atoms with Crippen molar-refractivity contribution >= 4 is 22.8 Å². The molecule has 2 heterocycles. The number of benzene rings is 1. The van der Waals surface area contributed by atoms with Crippen molar-refractivity contribution in [3.8, 4) is 0 Å². The number of anilines is 1. The number of amides is 2. The molecular formula is C16H17N3O3. The third-order valence-electron chi connectivity index (χ3n) is 3.62. The minimum atomic E-state index is -0.277. The molecule has 0 aliphatic rings. The topological polar surface area (TPSA) is 71.5 Å². The van der Waals surface area contributed by atoms with Crippen LogP contribution in [0.5, 0.6) is 0 Å². The van der Waals surface area contributed by atoms with Crippen molar-refractivity contribution in [2.24, 2.45) is 0 Å². The molecule has 114 valence electrons. The largest absolute Gasteiger partial charge is 0.459 e. The summed E-state index contributed by atoms with van der Waals surface area (Å²) in [5.41, 5.74) is 0.810. The van der Waals surface area contributed by atoms with Gasteiger partial charge < -0.3 is 13.8 Å². The Labute approximate surface area is 127 Å². The molecule has 6 heteroatoms. The molecule has 0 radical (unpaired) electrons. The highest BCUT2D eigenvalue weighted by Gasteiger charge is 2.21. The van der Waals surface area contributed by atoms with Crippen LogP contribution in [0.3, 0.4) is 0 Å². The van der Waals surface area contributed by atoms with Gasteiger partial charge in [0, 0.05) is 18.5 Å². The fourth-order valence-electron chi connectivity index (χ4n) is 2.20. The first-order valence-corrected chi connectivity index (χ1v) is 7.00. The summed E-state index contributed by atoms with van der Waals surface area (Å²) in [6, 6.07) is 10.9. The van der Waals surface area contributed by atoms with Crippen LogP contribution in [0.25, 0.3) is 11.0 Å². The number of hydrogen-bond acceptors (Lipinski definition) is 4. The summed E-state index contributed by atoms with van der Waals surface area (Å²) in [6.45, 7) is 3.68. The van der Waals surface area contributed by atoms with E-state index < -0.39 is 0 Å². The van der Waals surface area contributed by atoms with Crippen molar-refractivity contribution in [1.82, 2.24) is 10.1 Å². The summed E-state index contributed by atoms with van der Waals surface area (Å²) in [7, 11) is 1.71. The van der Waals surface area contributed by atoms with Crippen LogP contribution in [-0.2, 0) is 0 Å². The predicted octanol–water partition coefficient (Wildman–Crippen LogP) is 3.95. The molecule has 2 aromatic heterocycles. The maximum absolute atomic E-state index is 12.2. The molecule has 0 saturated heterocycles. The van der Waals surface area contributed by atoms with E-state index in [4.69, 9.17) is 8.94 Å². The maximum Gasteiger partial charge on any atom is 0.323 e. The Balaban J connectivity index is 1.75. The molecule has 6 nitrogen and oxygen atoms in total. The molecule has 0 bridgehead atoms. The van der Waals surface area contributed by atoms with Gasteiger partial charge in [-0.3, -0.25) is 5.32 Å². The van der Waals surface area contributed by atoms with Crippen molar-refractivity contribution < 1.29 is 13.7 Å². The molecule has 0 spiro atoms. The molecule has 22 heavy (non-hydrogen) atoms. The molecule has 1 aromatic carbocycles. The Kier molecular flexibility index (Phi) is 3.58. The molecule has 3 rings (SSSR count). The number of carbonyl (C=O) groups is 1. The van der Waals surface area contributed by atoms with Gasteiger partial charge in [-0.15, -0.1) is 0 Å². The minimum Gasteiger partial charge on any atom is -0.459 e. The van der Waals surface area contributed by atoms with Crippen LogP contribution in [-0.4, -0.2) is 23.1 Å². The highest BCUT2D eigenvalue weighted by molar-refractivity contribution is 5.88. The normalized spacial score (nSPS) is 12.3. The number of rotatable bonds is 3. The summed E-state index contributed by atoms with van der Waals surface area (Å²) in [6.07, 6.45) is 0. The molecule has 2 amide bonds. The zero-order valence-electron chi connectivity index (χ0n) is 12.7. The molecule has 0 aliphatic carbocycles. The number of urea groups is 1. The van der Waals surface area contributed by atoms with Gasteiger partial charge in [0.2, 0.25) is 0 Å². The standard InChI is InChI=1S/C16H17N3O3/c1-10-8-15(18-22-10)17-16(20)19(3)11(2)14-9-12-6-4-5-7-13(12)21-14/h4-9,11H,1-3H3,(H,17,18,20)/t11-/m0/s1. The van der Waals surface area contributed by atoms with Crippen molar-refractivity contribution in [2.45, 2.75) is 19.9 Å². The number of aryl methyl sites for hydroxylation is 1. The van der Waals surface area contributed by atoms with E-state index in [1.807, 2.05) is 37.3 Å². The van der Waals surface area contributed by atoms with Gasteiger partial charge >= 0.3 is 6.03 Å². The van der Waals surface area contributed by atoms with Gasteiger partial charge in [0.15, 0.2) is 5.82 Å². The number of fused-ring (bicyclic) bond motifs is 1. The van der Waals surface area contributed by atoms with Gasteiger partial charge in [-0.25, -0.2) is 4.79 Å². The number of furan rings is 1. The molecule has 0 aliphatic heterocycles. The predicted molar refractivity (Wildman–Crippen MR) is 82.7 cm³/mol. The molecule has 0 unspecified atom stereocenters. The van der Waals surface area contributed by atoms with Crippen molar-refractivity contribution in [3.05, 3.63) is 47.9 Å². The SMILES string of the molecule is Cc1cc(NC(=O)N(C)[C@@H](C)c2cc3ccccc3o2)no1. The monoisotopic (exact) mass is 299 g/mol. The van der Waals surface area contributed by atoms with Crippen LogP contribution in [0.15, 0.2) is 45.3 Å². The maximum atomic E-state index is 12.2. The number of aromatic nitrogens is 1. The smallest absolute Gasteiger partial charge is 0.323 e. The Morgan fingerprint density at radius 1 is 1.32 bits per heavy atom. The average molecular weight is 299 g/mol. The van der Waals surface area contributed by atoms with E-state index >= 15 is 0 Å². The first-order chi connectivity index (χ1) is 10.5. The van der Waals surface area contributed by atoms with E-state index in [-0.39, 0.29) is 12.1 Å². The second-order valence-corrected chi connectivity index (χ2v) is 5.23. The molecule has 0 saturated carbocycles. The Morgan fingerprint density at radius 3 is 2.77 bits per heavy atom. The lowest BCUT2D eigenvalue weighted by atomic mass is 10.2. The summed E-state index contributed by atoms with van der Waals surface area (Å²) >= 11 is 0. The fourth-order valence-corrected chi connectivity index (χ4v) is 2.20. The van der Waals surface area contributed by atoms with E-state index in [1.54, 1.807) is 24.9 Å². The fraction of sp³-hybridized carbons (Fsp3) is 0.250. The van der Waals surface area contributed by atoms with Crippen molar-refractivity contribution in [2.75, 3.05) is 12.4 Å². The molecule has 0 fully saturated rings. The molecule has 1 N–H and O–H groups in total. The van der Waals surface area contributed by atoms with E-state index in [1.165, 1.54) is 0 Å². The molecule has 3 aromatic rings. The van der Waals surface area contributed by atoms with Crippen LogP contribution in [0, 0.1) is 6.92 Å². The van der Waals surface area contributed by atoms with E-state index in [2.05, 4.69) is 10.5 Å². The van der Waals surface area contributed by atoms with Crippen LogP contribution >= 0.6 is 0 Å². The van der Waals surface area contributed by atoms with Crippen LogP contribution in [0.2, 0.25) is 0 Å². The number of nitrogens with one attached hydrogen (secondary N) is 1. The summed E-state index contributed by atoms with van der Waals surface area (Å²) in [5.74, 6) is 1.77. The Bertz CT molecular complexity index is 773.